The van der Waals surface area contributed by atoms with Gasteiger partial charge in [0.2, 0.25) is 0 Å². The van der Waals surface area contributed by atoms with Crippen molar-refractivity contribution < 1.29 is 5.11 Å². The summed E-state index contributed by atoms with van der Waals surface area (Å²) in [5.41, 5.74) is 0. The van der Waals surface area contributed by atoms with Gasteiger partial charge in [0.05, 0.1) is 6.10 Å². The summed E-state index contributed by atoms with van der Waals surface area (Å²) in [4.78, 5) is 2.58. The van der Waals surface area contributed by atoms with E-state index in [1.54, 1.807) is 0 Å². The highest BCUT2D eigenvalue weighted by molar-refractivity contribution is 4.86. The zero-order valence-electron chi connectivity index (χ0n) is 10.7. The lowest BCUT2D eigenvalue weighted by molar-refractivity contribution is 0.0548. The molecule has 1 aliphatic carbocycles. The Morgan fingerprint density at radius 3 is 2.75 bits per heavy atom. The molecule has 0 bridgehead atoms. The first-order valence-electron chi connectivity index (χ1n) is 7.23. The first-order valence-corrected chi connectivity index (χ1v) is 7.23. The minimum absolute atomic E-state index is 0.0529. The molecule has 0 aromatic rings. The van der Waals surface area contributed by atoms with Gasteiger partial charge in [-0.1, -0.05) is 32.6 Å². The quantitative estimate of drug-likeness (QED) is 0.747. The Morgan fingerprint density at radius 1 is 1.12 bits per heavy atom. The molecule has 2 aliphatic rings. The lowest BCUT2D eigenvalue weighted by Gasteiger charge is -2.30. The molecule has 0 amide bonds. The van der Waals surface area contributed by atoms with Crippen LogP contribution in [0.1, 0.15) is 58.3 Å². The monoisotopic (exact) mass is 225 g/mol. The molecular weight excluding hydrogens is 198 g/mol. The molecule has 0 spiro atoms. The van der Waals surface area contributed by atoms with E-state index in [4.69, 9.17) is 0 Å². The van der Waals surface area contributed by atoms with Crippen molar-refractivity contribution in [2.45, 2.75) is 70.4 Å². The van der Waals surface area contributed by atoms with E-state index < -0.39 is 0 Å². The molecule has 1 saturated heterocycles. The molecule has 2 rings (SSSR count). The molecule has 1 N–H and O–H groups in total. The molecular formula is C14H27NO. The van der Waals surface area contributed by atoms with Gasteiger partial charge < -0.3 is 5.11 Å². The Hall–Kier alpha value is -0.0800. The topological polar surface area (TPSA) is 23.5 Å². The standard InChI is InChI=1S/C14H27NO/c1-2-6-12-9-10-15(11-12)13-7-4-3-5-8-14(13)16/h12-14,16H,2-11H2,1H3. The van der Waals surface area contributed by atoms with Gasteiger partial charge in [-0.25, -0.2) is 0 Å². The molecule has 1 heterocycles. The molecule has 94 valence electrons. The summed E-state index contributed by atoms with van der Waals surface area (Å²) in [5.74, 6) is 0.903. The van der Waals surface area contributed by atoms with Gasteiger partial charge in [0.1, 0.15) is 0 Å². The van der Waals surface area contributed by atoms with E-state index in [9.17, 15) is 5.11 Å². The van der Waals surface area contributed by atoms with Crippen molar-refractivity contribution in [3.8, 4) is 0 Å². The summed E-state index contributed by atoms with van der Waals surface area (Å²) < 4.78 is 0. The van der Waals surface area contributed by atoms with Crippen molar-refractivity contribution in [1.29, 1.82) is 0 Å². The van der Waals surface area contributed by atoms with Crippen LogP contribution in [0.15, 0.2) is 0 Å². The average Bonchev–Trinajstić information content (AvgIpc) is 2.61. The van der Waals surface area contributed by atoms with Gasteiger partial charge in [0.15, 0.2) is 0 Å². The number of aliphatic hydroxyl groups is 1. The van der Waals surface area contributed by atoms with Crippen LogP contribution in [0, 0.1) is 5.92 Å². The van der Waals surface area contributed by atoms with Crippen LogP contribution in [0.5, 0.6) is 0 Å². The molecule has 0 aromatic carbocycles. The van der Waals surface area contributed by atoms with Crippen molar-refractivity contribution in [3.63, 3.8) is 0 Å². The largest absolute Gasteiger partial charge is 0.391 e. The second-order valence-electron chi connectivity index (χ2n) is 5.71. The predicted molar refractivity (Wildman–Crippen MR) is 67.5 cm³/mol. The molecule has 1 saturated carbocycles. The summed E-state index contributed by atoms with van der Waals surface area (Å²) in [6.45, 7) is 4.76. The van der Waals surface area contributed by atoms with Gasteiger partial charge in [0, 0.05) is 12.6 Å². The fourth-order valence-corrected chi connectivity index (χ4v) is 3.50. The second kappa shape index (κ2) is 6.02. The van der Waals surface area contributed by atoms with Crippen LogP contribution in [0.25, 0.3) is 0 Å². The molecule has 2 heteroatoms. The first kappa shape index (κ1) is 12.4. The van der Waals surface area contributed by atoms with Crippen LogP contribution in [0.4, 0.5) is 0 Å². The number of nitrogens with zero attached hydrogens (tertiary/aromatic N) is 1. The highest BCUT2D eigenvalue weighted by Gasteiger charge is 2.32. The maximum Gasteiger partial charge on any atom is 0.0695 e. The summed E-state index contributed by atoms with van der Waals surface area (Å²) in [7, 11) is 0. The molecule has 2 fully saturated rings. The van der Waals surface area contributed by atoms with Gasteiger partial charge in [-0.05, 0) is 38.1 Å². The second-order valence-corrected chi connectivity index (χ2v) is 5.71. The Balaban J connectivity index is 1.86. The number of hydrogen-bond donors (Lipinski definition) is 1. The smallest absolute Gasteiger partial charge is 0.0695 e. The maximum absolute atomic E-state index is 10.2. The fraction of sp³-hybridized carbons (Fsp3) is 1.00. The molecule has 0 aromatic heterocycles. The third-order valence-corrected chi connectivity index (χ3v) is 4.43. The summed E-state index contributed by atoms with van der Waals surface area (Å²) in [6.07, 6.45) is 10.1. The van der Waals surface area contributed by atoms with Gasteiger partial charge in [-0.15, -0.1) is 0 Å². The first-order chi connectivity index (χ1) is 7.81. The Kier molecular flexibility index (Phi) is 4.66. The van der Waals surface area contributed by atoms with E-state index in [0.717, 1.165) is 12.3 Å². The molecule has 1 aliphatic heterocycles. The minimum Gasteiger partial charge on any atom is -0.391 e. The SMILES string of the molecule is CCCC1CCN(C2CCCCCC2O)C1. The van der Waals surface area contributed by atoms with Gasteiger partial charge in [-0.3, -0.25) is 4.90 Å². The third-order valence-electron chi connectivity index (χ3n) is 4.43. The Morgan fingerprint density at radius 2 is 1.94 bits per heavy atom. The Labute approximate surface area is 100 Å². The van der Waals surface area contributed by atoms with Crippen molar-refractivity contribution in [3.05, 3.63) is 0 Å². The number of likely N-dealkylation sites (tertiary alicyclic amines) is 1. The number of rotatable bonds is 3. The van der Waals surface area contributed by atoms with E-state index in [2.05, 4.69) is 11.8 Å². The van der Waals surface area contributed by atoms with Crippen LogP contribution >= 0.6 is 0 Å². The summed E-state index contributed by atoms with van der Waals surface area (Å²) in [6, 6.07) is 0.476. The fourth-order valence-electron chi connectivity index (χ4n) is 3.50. The van der Waals surface area contributed by atoms with Crippen LogP contribution in [-0.4, -0.2) is 35.2 Å². The van der Waals surface area contributed by atoms with Crippen LogP contribution in [0.3, 0.4) is 0 Å². The normalized spacial score (nSPS) is 37.5. The molecule has 2 nitrogen and oxygen atoms in total. The van der Waals surface area contributed by atoms with Crippen molar-refractivity contribution in [2.24, 2.45) is 5.92 Å². The lowest BCUT2D eigenvalue weighted by atomic mass is 10.0. The van der Waals surface area contributed by atoms with E-state index in [0.29, 0.717) is 6.04 Å². The van der Waals surface area contributed by atoms with Crippen LogP contribution in [0.2, 0.25) is 0 Å². The van der Waals surface area contributed by atoms with E-state index >= 15 is 0 Å². The lowest BCUT2D eigenvalue weighted by Crippen LogP contribution is -2.41. The Bertz CT molecular complexity index is 207. The average molecular weight is 225 g/mol. The zero-order valence-corrected chi connectivity index (χ0v) is 10.7. The predicted octanol–water partition coefficient (Wildman–Crippen LogP) is 2.80. The molecule has 3 atom stereocenters. The third kappa shape index (κ3) is 2.98. The van der Waals surface area contributed by atoms with E-state index in [1.807, 2.05) is 0 Å². The van der Waals surface area contributed by atoms with Crippen molar-refractivity contribution in [2.75, 3.05) is 13.1 Å². The maximum atomic E-state index is 10.2. The van der Waals surface area contributed by atoms with Crippen LogP contribution < -0.4 is 0 Å². The molecule has 3 unspecified atom stereocenters. The van der Waals surface area contributed by atoms with Crippen molar-refractivity contribution >= 4 is 0 Å². The van der Waals surface area contributed by atoms with Gasteiger partial charge in [0.25, 0.3) is 0 Å². The summed E-state index contributed by atoms with van der Waals surface area (Å²) in [5, 5.41) is 10.2. The van der Waals surface area contributed by atoms with Gasteiger partial charge >= 0.3 is 0 Å². The molecule has 16 heavy (non-hydrogen) atoms. The summed E-state index contributed by atoms with van der Waals surface area (Å²) >= 11 is 0. The number of hydrogen-bond acceptors (Lipinski definition) is 2. The highest BCUT2D eigenvalue weighted by atomic mass is 16.3. The number of aliphatic hydroxyl groups excluding tert-OH is 1. The minimum atomic E-state index is -0.0529. The van der Waals surface area contributed by atoms with Crippen molar-refractivity contribution in [1.82, 2.24) is 4.90 Å². The van der Waals surface area contributed by atoms with Gasteiger partial charge in [-0.2, -0.15) is 0 Å². The van der Waals surface area contributed by atoms with E-state index in [1.165, 1.54) is 58.0 Å². The van der Waals surface area contributed by atoms with E-state index in [-0.39, 0.29) is 6.10 Å². The van der Waals surface area contributed by atoms with Crippen LogP contribution in [-0.2, 0) is 0 Å². The molecule has 0 radical (unpaired) electrons. The highest BCUT2D eigenvalue weighted by Crippen LogP contribution is 2.29. The zero-order chi connectivity index (χ0) is 11.4.